The number of anilines is 1. The van der Waals surface area contributed by atoms with Crippen LogP contribution in [0, 0.1) is 12.7 Å². The van der Waals surface area contributed by atoms with Gasteiger partial charge in [-0.2, -0.15) is 0 Å². The first-order valence-corrected chi connectivity index (χ1v) is 9.27. The SMILES string of the molecule is Cc1cc(Cn2c(NCCN)nc3c(-c4ccccc4)nccc32)ccc1F. The fourth-order valence-electron chi connectivity index (χ4n) is 3.33. The van der Waals surface area contributed by atoms with Crippen LogP contribution in [0.1, 0.15) is 11.1 Å². The molecule has 4 rings (SSSR count). The molecule has 0 fully saturated rings. The molecule has 0 aliphatic carbocycles. The number of rotatable bonds is 6. The first-order chi connectivity index (χ1) is 13.7. The molecule has 142 valence electrons. The Morgan fingerprint density at radius 3 is 2.68 bits per heavy atom. The summed E-state index contributed by atoms with van der Waals surface area (Å²) >= 11 is 0. The Hall–Kier alpha value is -3.25. The molecule has 0 amide bonds. The highest BCUT2D eigenvalue weighted by molar-refractivity contribution is 5.91. The number of imidazole rings is 1. The largest absolute Gasteiger partial charge is 0.354 e. The van der Waals surface area contributed by atoms with E-state index < -0.39 is 0 Å². The summed E-state index contributed by atoms with van der Waals surface area (Å²) in [5.74, 6) is 0.531. The van der Waals surface area contributed by atoms with Gasteiger partial charge in [0.2, 0.25) is 5.95 Å². The lowest BCUT2D eigenvalue weighted by atomic mass is 10.1. The molecule has 0 atom stereocenters. The van der Waals surface area contributed by atoms with Crippen LogP contribution >= 0.6 is 0 Å². The van der Waals surface area contributed by atoms with Crippen molar-refractivity contribution in [2.24, 2.45) is 5.73 Å². The van der Waals surface area contributed by atoms with Gasteiger partial charge in [-0.25, -0.2) is 9.37 Å². The van der Waals surface area contributed by atoms with E-state index in [-0.39, 0.29) is 5.82 Å². The topological polar surface area (TPSA) is 68.8 Å². The van der Waals surface area contributed by atoms with Gasteiger partial charge < -0.3 is 15.6 Å². The maximum Gasteiger partial charge on any atom is 0.204 e. The molecule has 0 spiro atoms. The zero-order valence-electron chi connectivity index (χ0n) is 15.7. The fourth-order valence-corrected chi connectivity index (χ4v) is 3.33. The van der Waals surface area contributed by atoms with Crippen LogP contribution in [0.2, 0.25) is 0 Å². The van der Waals surface area contributed by atoms with Gasteiger partial charge in [0.1, 0.15) is 11.3 Å². The molecule has 6 heteroatoms. The van der Waals surface area contributed by atoms with E-state index in [0.29, 0.717) is 25.2 Å². The predicted octanol–water partition coefficient (Wildman–Crippen LogP) is 3.96. The highest BCUT2D eigenvalue weighted by Crippen LogP contribution is 2.29. The summed E-state index contributed by atoms with van der Waals surface area (Å²) in [7, 11) is 0. The molecular weight excluding hydrogens is 353 g/mol. The average Bonchev–Trinajstić information content (AvgIpc) is 3.07. The summed E-state index contributed by atoms with van der Waals surface area (Å²) in [6.45, 7) is 3.46. The molecule has 28 heavy (non-hydrogen) atoms. The van der Waals surface area contributed by atoms with Crippen molar-refractivity contribution in [2.45, 2.75) is 13.5 Å². The van der Waals surface area contributed by atoms with Crippen molar-refractivity contribution in [1.82, 2.24) is 14.5 Å². The fraction of sp³-hybridized carbons (Fsp3) is 0.182. The van der Waals surface area contributed by atoms with E-state index in [0.717, 1.165) is 33.8 Å². The summed E-state index contributed by atoms with van der Waals surface area (Å²) in [5, 5.41) is 3.30. The average molecular weight is 375 g/mol. The highest BCUT2D eigenvalue weighted by atomic mass is 19.1. The Labute approximate surface area is 163 Å². The van der Waals surface area contributed by atoms with Crippen LogP contribution < -0.4 is 11.1 Å². The molecular formula is C22H22FN5. The number of hydrogen-bond acceptors (Lipinski definition) is 4. The number of hydrogen-bond donors (Lipinski definition) is 2. The maximum absolute atomic E-state index is 13.7. The molecule has 3 N–H and O–H groups in total. The van der Waals surface area contributed by atoms with Crippen LogP contribution in [-0.4, -0.2) is 27.6 Å². The summed E-state index contributed by atoms with van der Waals surface area (Å²) in [6.07, 6.45) is 1.80. The quantitative estimate of drug-likeness (QED) is 0.535. The Balaban J connectivity index is 1.84. The molecule has 0 saturated carbocycles. The minimum atomic E-state index is -0.198. The number of fused-ring (bicyclic) bond motifs is 1. The second kappa shape index (κ2) is 7.78. The summed E-state index contributed by atoms with van der Waals surface area (Å²) < 4.78 is 15.8. The van der Waals surface area contributed by atoms with Gasteiger partial charge in [-0.1, -0.05) is 42.5 Å². The van der Waals surface area contributed by atoms with Gasteiger partial charge in [0.25, 0.3) is 0 Å². The Kier molecular flexibility index (Phi) is 5.04. The van der Waals surface area contributed by atoms with E-state index in [9.17, 15) is 4.39 Å². The first kappa shape index (κ1) is 18.1. The number of nitrogens with zero attached hydrogens (tertiary/aromatic N) is 3. The van der Waals surface area contributed by atoms with E-state index >= 15 is 0 Å². The van der Waals surface area contributed by atoms with Crippen LogP contribution in [0.25, 0.3) is 22.3 Å². The maximum atomic E-state index is 13.7. The Bertz CT molecular complexity index is 1100. The van der Waals surface area contributed by atoms with Gasteiger partial charge in [-0.15, -0.1) is 0 Å². The van der Waals surface area contributed by atoms with Crippen LogP contribution in [0.15, 0.2) is 60.8 Å². The zero-order chi connectivity index (χ0) is 19.5. The molecule has 5 nitrogen and oxygen atoms in total. The van der Waals surface area contributed by atoms with Crippen molar-refractivity contribution in [3.8, 4) is 11.3 Å². The van der Waals surface area contributed by atoms with E-state index in [1.165, 1.54) is 6.07 Å². The Morgan fingerprint density at radius 1 is 1.11 bits per heavy atom. The van der Waals surface area contributed by atoms with Crippen LogP contribution in [-0.2, 0) is 6.54 Å². The monoisotopic (exact) mass is 375 g/mol. The van der Waals surface area contributed by atoms with Crippen molar-refractivity contribution in [2.75, 3.05) is 18.4 Å². The number of aromatic nitrogens is 3. The lowest BCUT2D eigenvalue weighted by Gasteiger charge is -2.11. The van der Waals surface area contributed by atoms with Crippen molar-refractivity contribution in [1.29, 1.82) is 0 Å². The number of pyridine rings is 1. The smallest absolute Gasteiger partial charge is 0.204 e. The third-order valence-electron chi connectivity index (χ3n) is 4.70. The van der Waals surface area contributed by atoms with Gasteiger partial charge in [0, 0.05) is 24.8 Å². The minimum absolute atomic E-state index is 0.198. The van der Waals surface area contributed by atoms with Crippen LogP contribution in [0.5, 0.6) is 0 Å². The molecule has 0 aliphatic rings. The van der Waals surface area contributed by atoms with Gasteiger partial charge in [0.15, 0.2) is 0 Å². The van der Waals surface area contributed by atoms with Crippen molar-refractivity contribution in [3.63, 3.8) is 0 Å². The molecule has 0 bridgehead atoms. The third kappa shape index (κ3) is 3.46. The number of halogens is 1. The van der Waals surface area contributed by atoms with Crippen molar-refractivity contribution in [3.05, 3.63) is 77.7 Å². The second-order valence-corrected chi connectivity index (χ2v) is 6.71. The normalized spacial score (nSPS) is 11.1. The lowest BCUT2D eigenvalue weighted by molar-refractivity contribution is 0.617. The van der Waals surface area contributed by atoms with E-state index in [1.807, 2.05) is 42.5 Å². The first-order valence-electron chi connectivity index (χ1n) is 9.27. The lowest BCUT2D eigenvalue weighted by Crippen LogP contribution is -2.16. The number of benzene rings is 2. The van der Waals surface area contributed by atoms with E-state index in [2.05, 4.69) is 14.9 Å². The molecule has 0 radical (unpaired) electrons. The number of aryl methyl sites for hydroxylation is 1. The molecule has 0 aliphatic heterocycles. The second-order valence-electron chi connectivity index (χ2n) is 6.71. The molecule has 0 unspecified atom stereocenters. The van der Waals surface area contributed by atoms with Gasteiger partial charge in [0.05, 0.1) is 17.8 Å². The number of nitrogens with one attached hydrogen (secondary N) is 1. The Morgan fingerprint density at radius 2 is 1.93 bits per heavy atom. The molecule has 2 aromatic carbocycles. The predicted molar refractivity (Wildman–Crippen MR) is 111 cm³/mol. The van der Waals surface area contributed by atoms with E-state index in [1.54, 1.807) is 19.2 Å². The van der Waals surface area contributed by atoms with Crippen LogP contribution in [0.4, 0.5) is 10.3 Å². The van der Waals surface area contributed by atoms with E-state index in [4.69, 9.17) is 10.7 Å². The molecule has 0 saturated heterocycles. The third-order valence-corrected chi connectivity index (χ3v) is 4.70. The van der Waals surface area contributed by atoms with Crippen LogP contribution in [0.3, 0.4) is 0 Å². The van der Waals surface area contributed by atoms with Crippen molar-refractivity contribution >= 4 is 17.0 Å². The minimum Gasteiger partial charge on any atom is -0.354 e. The molecule has 4 aromatic rings. The summed E-state index contributed by atoms with van der Waals surface area (Å²) in [6, 6.07) is 17.1. The molecule has 2 aromatic heterocycles. The molecule has 2 heterocycles. The van der Waals surface area contributed by atoms with Gasteiger partial charge in [-0.05, 0) is 30.2 Å². The summed E-state index contributed by atoms with van der Waals surface area (Å²) in [5.41, 5.74) is 11.0. The highest BCUT2D eigenvalue weighted by Gasteiger charge is 2.16. The van der Waals surface area contributed by atoms with Gasteiger partial charge in [-0.3, -0.25) is 4.98 Å². The summed E-state index contributed by atoms with van der Waals surface area (Å²) in [4.78, 5) is 9.39. The van der Waals surface area contributed by atoms with Crippen molar-refractivity contribution < 1.29 is 4.39 Å². The number of nitrogens with two attached hydrogens (primary N) is 1. The van der Waals surface area contributed by atoms with Gasteiger partial charge >= 0.3 is 0 Å². The zero-order valence-corrected chi connectivity index (χ0v) is 15.7. The standard InChI is InChI=1S/C22H22FN5/c1-15-13-16(7-8-18(15)23)14-28-19-9-11-25-20(17-5-3-2-4-6-17)21(19)27-22(28)26-12-10-24/h2-9,11,13H,10,12,14,24H2,1H3,(H,26,27).